The molecule has 1 heterocycles. The van der Waals surface area contributed by atoms with Gasteiger partial charge in [-0.2, -0.15) is 0 Å². The maximum absolute atomic E-state index is 6.56. The molecule has 2 aliphatic rings. The van der Waals surface area contributed by atoms with E-state index in [2.05, 4.69) is 18.3 Å². The van der Waals surface area contributed by atoms with E-state index in [4.69, 9.17) is 21.1 Å². The van der Waals surface area contributed by atoms with Crippen molar-refractivity contribution in [2.45, 2.75) is 45.1 Å². The largest absolute Gasteiger partial charge is 0.486 e. The summed E-state index contributed by atoms with van der Waals surface area (Å²) < 4.78 is 11.4. The number of hydrogen-bond acceptors (Lipinski definition) is 3. The molecule has 0 saturated heterocycles. The summed E-state index contributed by atoms with van der Waals surface area (Å²) in [5.74, 6) is 1.59. The van der Waals surface area contributed by atoms with Gasteiger partial charge in [-0.25, -0.2) is 0 Å². The van der Waals surface area contributed by atoms with Crippen molar-refractivity contribution >= 4 is 11.6 Å². The number of ether oxygens (including phenoxy) is 2. The lowest BCUT2D eigenvalue weighted by atomic mass is 9.73. The van der Waals surface area contributed by atoms with Crippen LogP contribution in [0, 0.1) is 5.41 Å². The van der Waals surface area contributed by atoms with Gasteiger partial charge in [0.25, 0.3) is 0 Å². The van der Waals surface area contributed by atoms with E-state index >= 15 is 0 Å². The maximum atomic E-state index is 6.56. The second-order valence-corrected chi connectivity index (χ2v) is 6.57. The highest BCUT2D eigenvalue weighted by Gasteiger charge is 2.41. The van der Waals surface area contributed by atoms with E-state index < -0.39 is 0 Å². The molecule has 1 N–H and O–H groups in total. The molecule has 0 bridgehead atoms. The molecule has 0 amide bonds. The van der Waals surface area contributed by atoms with Gasteiger partial charge in [0.15, 0.2) is 11.5 Å². The molecule has 1 saturated carbocycles. The molecule has 1 unspecified atom stereocenters. The topological polar surface area (TPSA) is 30.5 Å². The first-order valence-electron chi connectivity index (χ1n) is 7.96. The Balaban J connectivity index is 2.00. The summed E-state index contributed by atoms with van der Waals surface area (Å²) in [7, 11) is 2.04. The predicted molar refractivity (Wildman–Crippen MR) is 85.4 cm³/mol. The summed E-state index contributed by atoms with van der Waals surface area (Å²) >= 11 is 6.56. The third-order valence-electron chi connectivity index (χ3n) is 5.18. The molecular weight excluding hydrogens is 286 g/mol. The molecular formula is C17H24ClNO2. The normalized spacial score (nSPS) is 21.3. The van der Waals surface area contributed by atoms with Gasteiger partial charge in [-0.3, -0.25) is 0 Å². The fraction of sp³-hybridized carbons (Fsp3) is 0.647. The van der Waals surface area contributed by atoms with Crippen LogP contribution in [0.5, 0.6) is 11.5 Å². The van der Waals surface area contributed by atoms with Gasteiger partial charge in [0, 0.05) is 17.1 Å². The highest BCUT2D eigenvalue weighted by Crippen LogP contribution is 2.52. The maximum Gasteiger partial charge on any atom is 0.162 e. The van der Waals surface area contributed by atoms with Crippen LogP contribution in [0.4, 0.5) is 0 Å². The van der Waals surface area contributed by atoms with Crippen LogP contribution in [0.1, 0.15) is 50.6 Å². The van der Waals surface area contributed by atoms with Crippen LogP contribution in [0.25, 0.3) is 0 Å². The molecule has 0 spiro atoms. The fourth-order valence-electron chi connectivity index (χ4n) is 4.02. The lowest BCUT2D eigenvalue weighted by Crippen LogP contribution is -2.34. The zero-order valence-corrected chi connectivity index (χ0v) is 13.6. The highest BCUT2D eigenvalue weighted by molar-refractivity contribution is 6.31. The minimum Gasteiger partial charge on any atom is -0.486 e. The lowest BCUT2D eigenvalue weighted by molar-refractivity contribution is 0.169. The number of fused-ring (bicyclic) bond motifs is 1. The summed E-state index contributed by atoms with van der Waals surface area (Å²) in [6.07, 6.45) is 6.32. The van der Waals surface area contributed by atoms with Crippen LogP contribution in [-0.4, -0.2) is 20.3 Å². The van der Waals surface area contributed by atoms with Crippen molar-refractivity contribution in [2.75, 3.05) is 20.3 Å². The van der Waals surface area contributed by atoms with Crippen LogP contribution < -0.4 is 14.8 Å². The zero-order chi connectivity index (χ0) is 14.9. The Bertz CT molecular complexity index is 512. The molecule has 1 aromatic carbocycles. The molecule has 1 aliphatic heterocycles. The summed E-state index contributed by atoms with van der Waals surface area (Å²) in [6.45, 7) is 3.50. The van der Waals surface area contributed by atoms with Gasteiger partial charge in [0.1, 0.15) is 13.2 Å². The third kappa shape index (κ3) is 2.62. The highest BCUT2D eigenvalue weighted by atomic mass is 35.5. The van der Waals surface area contributed by atoms with Crippen molar-refractivity contribution in [3.8, 4) is 11.5 Å². The Hall–Kier alpha value is -0.930. The molecule has 0 aromatic heterocycles. The Morgan fingerprint density at radius 2 is 1.81 bits per heavy atom. The van der Waals surface area contributed by atoms with Crippen LogP contribution in [0.3, 0.4) is 0 Å². The summed E-state index contributed by atoms with van der Waals surface area (Å²) in [5.41, 5.74) is 1.45. The third-order valence-corrected chi connectivity index (χ3v) is 5.50. The molecule has 3 rings (SSSR count). The molecule has 1 aromatic rings. The zero-order valence-electron chi connectivity index (χ0n) is 12.9. The molecule has 21 heavy (non-hydrogen) atoms. The van der Waals surface area contributed by atoms with E-state index in [1.807, 2.05) is 13.1 Å². The minimum atomic E-state index is 0.272. The molecule has 1 aliphatic carbocycles. The Morgan fingerprint density at radius 3 is 2.38 bits per heavy atom. The van der Waals surface area contributed by atoms with Gasteiger partial charge in [0.2, 0.25) is 0 Å². The summed E-state index contributed by atoms with van der Waals surface area (Å²) in [4.78, 5) is 0. The van der Waals surface area contributed by atoms with Crippen molar-refractivity contribution in [2.24, 2.45) is 5.41 Å². The second kappa shape index (κ2) is 6.05. The van der Waals surface area contributed by atoms with Crippen molar-refractivity contribution in [3.63, 3.8) is 0 Å². The molecule has 116 valence electrons. The smallest absolute Gasteiger partial charge is 0.162 e. The molecule has 0 radical (unpaired) electrons. The van der Waals surface area contributed by atoms with Crippen LogP contribution in [-0.2, 0) is 0 Å². The minimum absolute atomic E-state index is 0.272. The van der Waals surface area contributed by atoms with Gasteiger partial charge in [0.05, 0.1) is 0 Å². The second-order valence-electron chi connectivity index (χ2n) is 6.16. The van der Waals surface area contributed by atoms with Crippen molar-refractivity contribution in [3.05, 3.63) is 22.7 Å². The van der Waals surface area contributed by atoms with Crippen LogP contribution in [0.2, 0.25) is 5.02 Å². The number of benzene rings is 1. The Kier molecular flexibility index (Phi) is 4.32. The summed E-state index contributed by atoms with van der Waals surface area (Å²) in [5, 5.41) is 4.30. The van der Waals surface area contributed by atoms with E-state index in [1.165, 1.54) is 32.1 Å². The lowest BCUT2D eigenvalue weighted by Gasteiger charge is -2.38. The van der Waals surface area contributed by atoms with E-state index in [9.17, 15) is 0 Å². The van der Waals surface area contributed by atoms with Crippen molar-refractivity contribution in [1.82, 2.24) is 5.32 Å². The van der Waals surface area contributed by atoms with E-state index in [0.29, 0.717) is 18.6 Å². The predicted octanol–water partition coefficient (Wildman–Crippen LogP) is 4.34. The van der Waals surface area contributed by atoms with Crippen LogP contribution >= 0.6 is 11.6 Å². The van der Waals surface area contributed by atoms with Crippen molar-refractivity contribution in [1.29, 1.82) is 0 Å². The first-order chi connectivity index (χ1) is 10.2. The fourth-order valence-corrected chi connectivity index (χ4v) is 4.28. The molecule has 1 fully saturated rings. The average Bonchev–Trinajstić information content (AvgIpc) is 2.98. The first-order valence-corrected chi connectivity index (χ1v) is 8.34. The van der Waals surface area contributed by atoms with E-state index in [1.54, 1.807) is 0 Å². The number of nitrogens with one attached hydrogen (secondary N) is 1. The average molecular weight is 310 g/mol. The number of halogens is 1. The van der Waals surface area contributed by atoms with Gasteiger partial charge in [-0.1, -0.05) is 31.4 Å². The quantitative estimate of drug-likeness (QED) is 0.897. The van der Waals surface area contributed by atoms with Crippen LogP contribution in [0.15, 0.2) is 12.1 Å². The van der Waals surface area contributed by atoms with E-state index in [-0.39, 0.29) is 6.04 Å². The van der Waals surface area contributed by atoms with E-state index in [0.717, 1.165) is 22.1 Å². The number of rotatable bonds is 4. The number of hydrogen-bond donors (Lipinski definition) is 1. The monoisotopic (exact) mass is 309 g/mol. The van der Waals surface area contributed by atoms with Gasteiger partial charge >= 0.3 is 0 Å². The Labute approximate surface area is 132 Å². The van der Waals surface area contributed by atoms with Gasteiger partial charge in [-0.15, -0.1) is 0 Å². The standard InChI is InChI=1S/C17H24ClNO2/c1-3-17(6-4-5-7-17)16(19-2)12-10-14-15(11-13(12)18)21-9-8-20-14/h10-11,16,19H,3-9H2,1-2H3. The molecule has 4 heteroatoms. The molecule has 3 nitrogen and oxygen atoms in total. The van der Waals surface area contributed by atoms with Gasteiger partial charge in [-0.05, 0) is 43.4 Å². The first kappa shape index (κ1) is 15.0. The van der Waals surface area contributed by atoms with Gasteiger partial charge < -0.3 is 14.8 Å². The summed E-state index contributed by atoms with van der Waals surface area (Å²) in [6, 6.07) is 4.26. The SMILES string of the molecule is CCC1(C(NC)c2cc3c(cc2Cl)OCCO3)CCCC1. The Morgan fingerprint density at radius 1 is 1.19 bits per heavy atom. The molecule has 1 atom stereocenters. The van der Waals surface area contributed by atoms with Crippen molar-refractivity contribution < 1.29 is 9.47 Å².